The molecular weight excluding hydrogens is 278 g/mol. The second-order valence-corrected chi connectivity index (χ2v) is 5.27. The Morgan fingerprint density at radius 1 is 1.05 bits per heavy atom. The Morgan fingerprint density at radius 3 is 2.55 bits per heavy atom. The predicted octanol–water partition coefficient (Wildman–Crippen LogP) is 3.05. The maximum Gasteiger partial charge on any atom is 0.227 e. The first-order valence-electron chi connectivity index (χ1n) is 7.44. The fourth-order valence-corrected chi connectivity index (χ4v) is 2.46. The number of aryl methyl sites for hydroxylation is 1. The van der Waals surface area contributed by atoms with Crippen LogP contribution in [0.5, 0.6) is 11.5 Å². The van der Waals surface area contributed by atoms with Crippen LogP contribution in [0, 0.1) is 0 Å². The van der Waals surface area contributed by atoms with Gasteiger partial charge in [0.05, 0.1) is 0 Å². The number of hydrogen-bond acceptors (Lipinski definition) is 3. The standard InChI is InChI=1S/C18H19NO3/c1-19(15-5-3-2-4-6-15)18(20)10-8-14-7-9-16-17(13-14)22-12-11-21-16/h2-7,9,13H,8,10-12H2,1H3. The number of fused-ring (bicyclic) bond motifs is 1. The first-order chi connectivity index (χ1) is 10.7. The molecule has 0 fully saturated rings. The molecule has 0 atom stereocenters. The van der Waals surface area contributed by atoms with Gasteiger partial charge in [-0.25, -0.2) is 0 Å². The SMILES string of the molecule is CN(C(=O)CCc1ccc2c(c1)OCCO2)c1ccccc1. The van der Waals surface area contributed by atoms with Crippen molar-refractivity contribution in [3.05, 3.63) is 54.1 Å². The average molecular weight is 297 g/mol. The molecule has 1 amide bonds. The van der Waals surface area contributed by atoms with Gasteiger partial charge in [-0.3, -0.25) is 4.79 Å². The quantitative estimate of drug-likeness (QED) is 0.870. The highest BCUT2D eigenvalue weighted by Gasteiger charge is 2.14. The number of carbonyl (C=O) groups excluding carboxylic acids is 1. The predicted molar refractivity (Wildman–Crippen MR) is 85.6 cm³/mol. The molecule has 1 aliphatic rings. The van der Waals surface area contributed by atoms with Gasteiger partial charge in [-0.1, -0.05) is 24.3 Å². The molecule has 0 bridgehead atoms. The summed E-state index contributed by atoms with van der Waals surface area (Å²) in [5.74, 6) is 1.65. The summed E-state index contributed by atoms with van der Waals surface area (Å²) in [4.78, 5) is 14.0. The summed E-state index contributed by atoms with van der Waals surface area (Å²) >= 11 is 0. The van der Waals surface area contributed by atoms with Crippen LogP contribution in [-0.2, 0) is 11.2 Å². The number of amides is 1. The van der Waals surface area contributed by atoms with Crippen LogP contribution >= 0.6 is 0 Å². The first-order valence-corrected chi connectivity index (χ1v) is 7.44. The Morgan fingerprint density at radius 2 is 1.77 bits per heavy atom. The van der Waals surface area contributed by atoms with E-state index in [1.807, 2.05) is 55.6 Å². The second-order valence-electron chi connectivity index (χ2n) is 5.27. The molecule has 0 radical (unpaired) electrons. The number of rotatable bonds is 4. The molecule has 22 heavy (non-hydrogen) atoms. The number of benzene rings is 2. The maximum absolute atomic E-state index is 12.3. The highest BCUT2D eigenvalue weighted by atomic mass is 16.6. The molecule has 0 N–H and O–H groups in total. The van der Waals surface area contributed by atoms with Crippen molar-refractivity contribution < 1.29 is 14.3 Å². The number of hydrogen-bond donors (Lipinski definition) is 0. The lowest BCUT2D eigenvalue weighted by atomic mass is 10.1. The second kappa shape index (κ2) is 6.52. The summed E-state index contributed by atoms with van der Waals surface area (Å²) < 4.78 is 11.1. The minimum atomic E-state index is 0.0982. The van der Waals surface area contributed by atoms with Gasteiger partial charge in [-0.05, 0) is 36.2 Å². The number of para-hydroxylation sites is 1. The lowest BCUT2D eigenvalue weighted by Crippen LogP contribution is -2.26. The average Bonchev–Trinajstić information content (AvgIpc) is 2.59. The lowest BCUT2D eigenvalue weighted by molar-refractivity contribution is -0.118. The van der Waals surface area contributed by atoms with Gasteiger partial charge in [0, 0.05) is 19.2 Å². The van der Waals surface area contributed by atoms with Crippen molar-refractivity contribution in [3.63, 3.8) is 0 Å². The summed E-state index contributed by atoms with van der Waals surface area (Å²) in [6.07, 6.45) is 1.15. The molecule has 0 saturated heterocycles. The molecule has 1 aliphatic heterocycles. The van der Waals surface area contributed by atoms with Crippen LogP contribution < -0.4 is 14.4 Å². The largest absolute Gasteiger partial charge is 0.486 e. The molecular formula is C18H19NO3. The molecule has 1 heterocycles. The van der Waals surface area contributed by atoms with Crippen molar-refractivity contribution in [1.29, 1.82) is 0 Å². The Balaban J connectivity index is 1.61. The number of nitrogens with zero attached hydrogens (tertiary/aromatic N) is 1. The van der Waals surface area contributed by atoms with E-state index in [0.29, 0.717) is 26.1 Å². The fraction of sp³-hybridized carbons (Fsp3) is 0.278. The first kappa shape index (κ1) is 14.4. The van der Waals surface area contributed by atoms with Crippen molar-refractivity contribution >= 4 is 11.6 Å². The van der Waals surface area contributed by atoms with Gasteiger partial charge in [0.15, 0.2) is 11.5 Å². The van der Waals surface area contributed by atoms with E-state index in [-0.39, 0.29) is 5.91 Å². The summed E-state index contributed by atoms with van der Waals surface area (Å²) in [5.41, 5.74) is 1.99. The fourth-order valence-electron chi connectivity index (χ4n) is 2.46. The zero-order chi connectivity index (χ0) is 15.4. The zero-order valence-corrected chi connectivity index (χ0v) is 12.6. The van der Waals surface area contributed by atoms with Crippen LogP contribution in [0.15, 0.2) is 48.5 Å². The Labute approximate surface area is 130 Å². The highest BCUT2D eigenvalue weighted by molar-refractivity contribution is 5.92. The van der Waals surface area contributed by atoms with Crippen LogP contribution in [0.3, 0.4) is 0 Å². The van der Waals surface area contributed by atoms with E-state index >= 15 is 0 Å². The van der Waals surface area contributed by atoms with Gasteiger partial charge in [-0.15, -0.1) is 0 Å². The van der Waals surface area contributed by atoms with Crippen LogP contribution in [0.4, 0.5) is 5.69 Å². The third kappa shape index (κ3) is 3.22. The van der Waals surface area contributed by atoms with E-state index in [1.54, 1.807) is 4.90 Å². The summed E-state index contributed by atoms with van der Waals surface area (Å²) in [7, 11) is 1.81. The van der Waals surface area contributed by atoms with Crippen LogP contribution in [0.1, 0.15) is 12.0 Å². The molecule has 0 unspecified atom stereocenters. The van der Waals surface area contributed by atoms with Crippen molar-refractivity contribution in [1.82, 2.24) is 0 Å². The molecule has 114 valence electrons. The summed E-state index contributed by atoms with van der Waals surface area (Å²) in [6.45, 7) is 1.17. The van der Waals surface area contributed by atoms with E-state index in [1.165, 1.54) is 0 Å². The van der Waals surface area contributed by atoms with E-state index < -0.39 is 0 Å². The van der Waals surface area contributed by atoms with E-state index in [4.69, 9.17) is 9.47 Å². The third-order valence-electron chi connectivity index (χ3n) is 3.75. The minimum Gasteiger partial charge on any atom is -0.486 e. The summed E-state index contributed by atoms with van der Waals surface area (Å²) in [5, 5.41) is 0. The Bertz CT molecular complexity index is 655. The smallest absolute Gasteiger partial charge is 0.227 e. The molecule has 0 spiro atoms. The van der Waals surface area contributed by atoms with Gasteiger partial charge in [0.25, 0.3) is 0 Å². The lowest BCUT2D eigenvalue weighted by Gasteiger charge is -2.19. The van der Waals surface area contributed by atoms with Gasteiger partial charge >= 0.3 is 0 Å². The Hall–Kier alpha value is -2.49. The molecule has 3 rings (SSSR count). The molecule has 4 heteroatoms. The molecule has 0 aliphatic carbocycles. The van der Waals surface area contributed by atoms with E-state index in [0.717, 1.165) is 22.7 Å². The normalized spacial score (nSPS) is 12.8. The Kier molecular flexibility index (Phi) is 4.28. The monoisotopic (exact) mass is 297 g/mol. The van der Waals surface area contributed by atoms with Gasteiger partial charge in [0.2, 0.25) is 5.91 Å². The van der Waals surface area contributed by atoms with Crippen LogP contribution in [0.2, 0.25) is 0 Å². The zero-order valence-electron chi connectivity index (χ0n) is 12.6. The van der Waals surface area contributed by atoms with E-state index in [9.17, 15) is 4.79 Å². The van der Waals surface area contributed by atoms with Crippen molar-refractivity contribution in [3.8, 4) is 11.5 Å². The van der Waals surface area contributed by atoms with Crippen molar-refractivity contribution in [2.75, 3.05) is 25.2 Å². The number of anilines is 1. The molecule has 4 nitrogen and oxygen atoms in total. The van der Waals surface area contributed by atoms with Crippen molar-refractivity contribution in [2.45, 2.75) is 12.8 Å². The number of ether oxygens (including phenoxy) is 2. The molecule has 0 saturated carbocycles. The van der Waals surface area contributed by atoms with Crippen molar-refractivity contribution in [2.24, 2.45) is 0 Å². The van der Waals surface area contributed by atoms with Gasteiger partial charge < -0.3 is 14.4 Å². The van der Waals surface area contributed by atoms with Gasteiger partial charge in [-0.2, -0.15) is 0 Å². The number of carbonyl (C=O) groups is 1. The van der Waals surface area contributed by atoms with Crippen LogP contribution in [0.25, 0.3) is 0 Å². The molecule has 0 aromatic heterocycles. The minimum absolute atomic E-state index is 0.0982. The summed E-state index contributed by atoms with van der Waals surface area (Å²) in [6, 6.07) is 15.5. The van der Waals surface area contributed by atoms with Gasteiger partial charge in [0.1, 0.15) is 13.2 Å². The molecule has 2 aromatic carbocycles. The maximum atomic E-state index is 12.3. The highest BCUT2D eigenvalue weighted by Crippen LogP contribution is 2.31. The van der Waals surface area contributed by atoms with Crippen LogP contribution in [-0.4, -0.2) is 26.2 Å². The van der Waals surface area contributed by atoms with E-state index in [2.05, 4.69) is 0 Å². The third-order valence-corrected chi connectivity index (χ3v) is 3.75. The molecule has 2 aromatic rings. The topological polar surface area (TPSA) is 38.8 Å².